The van der Waals surface area contributed by atoms with Crippen molar-refractivity contribution in [1.82, 2.24) is 0 Å². The first kappa shape index (κ1) is 14.1. The van der Waals surface area contributed by atoms with Gasteiger partial charge < -0.3 is 9.59 Å². The van der Waals surface area contributed by atoms with Crippen molar-refractivity contribution in [3.05, 3.63) is 0 Å². The van der Waals surface area contributed by atoms with E-state index in [1.54, 1.807) is 0 Å². The topological polar surface area (TPSA) is 40.5 Å². The van der Waals surface area contributed by atoms with Gasteiger partial charge in [0, 0.05) is 0 Å². The zero-order valence-electron chi connectivity index (χ0n) is 9.54. The zero-order chi connectivity index (χ0) is 10.6. The molecule has 0 fully saturated rings. The van der Waals surface area contributed by atoms with E-state index < -0.39 is 9.28 Å². The number of hydrogen-bond donors (Lipinski definition) is 2. The van der Waals surface area contributed by atoms with Gasteiger partial charge in [0.05, 0.1) is 0 Å². The first-order valence-electron chi connectivity index (χ1n) is 6.13. The van der Waals surface area contributed by atoms with Crippen molar-refractivity contribution in [3.63, 3.8) is 0 Å². The summed E-state index contributed by atoms with van der Waals surface area (Å²) in [4.78, 5) is 17.5. The minimum absolute atomic E-state index is 0.676. The fraction of sp³-hybridized carbons (Fsp3) is 1.00. The first-order chi connectivity index (χ1) is 6.77. The van der Waals surface area contributed by atoms with Gasteiger partial charge in [0.25, 0.3) is 0 Å². The summed E-state index contributed by atoms with van der Waals surface area (Å²) in [5.41, 5.74) is 0. The molecule has 0 bridgehead atoms. The van der Waals surface area contributed by atoms with Gasteiger partial charge in [-0.3, -0.25) is 0 Å². The largest absolute Gasteiger partial charge is 0.413 e. The molecule has 2 N–H and O–H groups in total. The van der Waals surface area contributed by atoms with E-state index in [9.17, 15) is 0 Å². The molecule has 0 saturated heterocycles. The fourth-order valence-electron chi connectivity index (χ4n) is 1.64. The summed E-state index contributed by atoms with van der Waals surface area (Å²) in [5.74, 6) is 0. The van der Waals surface area contributed by atoms with E-state index in [1.165, 1.54) is 51.4 Å². The lowest BCUT2D eigenvalue weighted by molar-refractivity contribution is 0.401. The van der Waals surface area contributed by atoms with Gasteiger partial charge in [-0.05, 0) is 6.04 Å². The van der Waals surface area contributed by atoms with Crippen LogP contribution in [0.3, 0.4) is 0 Å². The summed E-state index contributed by atoms with van der Waals surface area (Å²) < 4.78 is 0. The third-order valence-corrected chi connectivity index (χ3v) is 3.49. The van der Waals surface area contributed by atoms with E-state index in [0.29, 0.717) is 6.04 Å². The van der Waals surface area contributed by atoms with Crippen LogP contribution in [0.1, 0.15) is 64.7 Å². The summed E-state index contributed by atoms with van der Waals surface area (Å²) >= 11 is 0. The molecule has 0 aliphatic heterocycles. The Balaban J connectivity index is 2.85. The van der Waals surface area contributed by atoms with Crippen LogP contribution in [0, 0.1) is 0 Å². The van der Waals surface area contributed by atoms with E-state index in [4.69, 9.17) is 9.59 Å². The second kappa shape index (κ2) is 11.2. The second-order valence-electron chi connectivity index (χ2n) is 4.10. The lowest BCUT2D eigenvalue weighted by atomic mass is 10.1. The zero-order valence-corrected chi connectivity index (χ0v) is 10.7. The monoisotopic (exact) mass is 218 g/mol. The van der Waals surface area contributed by atoms with Crippen LogP contribution in [0.5, 0.6) is 0 Å². The predicted octanol–water partition coefficient (Wildman–Crippen LogP) is 2.72. The standard InChI is InChI=1S/C11H26O2Si/c1-2-3-4-5-6-7-8-9-10-11-14(12)13/h12-14H,2-11H2,1H3. The molecule has 0 saturated carbocycles. The fourth-order valence-corrected chi connectivity index (χ4v) is 2.29. The summed E-state index contributed by atoms with van der Waals surface area (Å²) in [6.45, 7) is 2.24. The third kappa shape index (κ3) is 12.1. The predicted molar refractivity (Wildman–Crippen MR) is 63.6 cm³/mol. The van der Waals surface area contributed by atoms with E-state index in [2.05, 4.69) is 6.92 Å². The van der Waals surface area contributed by atoms with E-state index in [-0.39, 0.29) is 0 Å². The smallest absolute Gasteiger partial charge is 0.315 e. The Hall–Kier alpha value is 0.137. The maximum Gasteiger partial charge on any atom is 0.315 e. The maximum absolute atomic E-state index is 8.75. The molecular weight excluding hydrogens is 192 g/mol. The molecule has 0 atom stereocenters. The second-order valence-corrected chi connectivity index (χ2v) is 5.64. The highest BCUT2D eigenvalue weighted by Crippen LogP contribution is 2.10. The first-order valence-corrected chi connectivity index (χ1v) is 7.98. The van der Waals surface area contributed by atoms with Gasteiger partial charge in [0.2, 0.25) is 0 Å². The molecule has 14 heavy (non-hydrogen) atoms. The van der Waals surface area contributed by atoms with Crippen molar-refractivity contribution in [3.8, 4) is 0 Å². The number of hydrogen-bond acceptors (Lipinski definition) is 2. The molecule has 0 rings (SSSR count). The van der Waals surface area contributed by atoms with Crippen LogP contribution in [0.25, 0.3) is 0 Å². The summed E-state index contributed by atoms with van der Waals surface area (Å²) in [6.07, 6.45) is 11.6. The number of unbranched alkanes of at least 4 members (excludes halogenated alkanes) is 8. The molecular formula is C11H26O2Si. The van der Waals surface area contributed by atoms with Crippen LogP contribution in [-0.2, 0) is 0 Å². The van der Waals surface area contributed by atoms with Gasteiger partial charge in [-0.15, -0.1) is 0 Å². The van der Waals surface area contributed by atoms with E-state index in [0.717, 1.165) is 6.42 Å². The summed E-state index contributed by atoms with van der Waals surface area (Å²) in [7, 11) is -2.24. The molecule has 86 valence electrons. The normalized spacial score (nSPS) is 11.1. The molecule has 0 radical (unpaired) electrons. The SMILES string of the molecule is CCCCCCCCCCC[SiH](O)O. The van der Waals surface area contributed by atoms with Gasteiger partial charge >= 0.3 is 9.28 Å². The molecule has 0 aromatic rings. The van der Waals surface area contributed by atoms with Crippen LogP contribution in [0.15, 0.2) is 0 Å². The van der Waals surface area contributed by atoms with Crippen molar-refractivity contribution in [2.75, 3.05) is 0 Å². The Labute approximate surface area is 90.2 Å². The molecule has 0 aromatic carbocycles. The quantitative estimate of drug-likeness (QED) is 0.437. The van der Waals surface area contributed by atoms with Gasteiger partial charge in [0.1, 0.15) is 0 Å². The van der Waals surface area contributed by atoms with Gasteiger partial charge in [-0.1, -0.05) is 64.7 Å². The highest BCUT2D eigenvalue weighted by atomic mass is 28.3. The molecule has 0 heterocycles. The van der Waals surface area contributed by atoms with Crippen molar-refractivity contribution >= 4 is 9.28 Å². The lowest BCUT2D eigenvalue weighted by Crippen LogP contribution is -2.09. The van der Waals surface area contributed by atoms with Crippen molar-refractivity contribution < 1.29 is 9.59 Å². The minimum Gasteiger partial charge on any atom is -0.413 e. The molecule has 2 nitrogen and oxygen atoms in total. The Morgan fingerprint density at radius 3 is 1.57 bits per heavy atom. The third-order valence-electron chi connectivity index (χ3n) is 2.57. The molecule has 3 heteroatoms. The van der Waals surface area contributed by atoms with E-state index >= 15 is 0 Å². The average molecular weight is 218 g/mol. The van der Waals surface area contributed by atoms with Crippen LogP contribution < -0.4 is 0 Å². The van der Waals surface area contributed by atoms with Crippen LogP contribution in [0.4, 0.5) is 0 Å². The van der Waals surface area contributed by atoms with Crippen molar-refractivity contribution in [1.29, 1.82) is 0 Å². The highest BCUT2D eigenvalue weighted by Gasteiger charge is 2.00. The maximum atomic E-state index is 8.75. The van der Waals surface area contributed by atoms with Crippen LogP contribution in [0.2, 0.25) is 6.04 Å². The molecule has 0 aliphatic rings. The molecule has 0 amide bonds. The van der Waals surface area contributed by atoms with Crippen molar-refractivity contribution in [2.24, 2.45) is 0 Å². The molecule has 0 unspecified atom stereocenters. The van der Waals surface area contributed by atoms with Crippen LogP contribution >= 0.6 is 0 Å². The van der Waals surface area contributed by atoms with E-state index in [1.807, 2.05) is 0 Å². The lowest BCUT2D eigenvalue weighted by Gasteiger charge is -2.02. The van der Waals surface area contributed by atoms with Gasteiger partial charge in [-0.25, -0.2) is 0 Å². The highest BCUT2D eigenvalue weighted by molar-refractivity contribution is 6.40. The average Bonchev–Trinajstić information content (AvgIpc) is 2.15. The molecule has 0 aliphatic carbocycles. The van der Waals surface area contributed by atoms with Gasteiger partial charge in [0.15, 0.2) is 0 Å². The Morgan fingerprint density at radius 1 is 0.714 bits per heavy atom. The van der Waals surface area contributed by atoms with Crippen LogP contribution in [-0.4, -0.2) is 18.9 Å². The Kier molecular flexibility index (Phi) is 11.3. The number of rotatable bonds is 10. The molecule has 0 spiro atoms. The molecule has 0 aromatic heterocycles. The Bertz CT molecular complexity index is 107. The van der Waals surface area contributed by atoms with Gasteiger partial charge in [-0.2, -0.15) is 0 Å². The summed E-state index contributed by atoms with van der Waals surface area (Å²) in [6, 6.07) is 0.676. The summed E-state index contributed by atoms with van der Waals surface area (Å²) in [5, 5.41) is 0. The van der Waals surface area contributed by atoms with Crippen molar-refractivity contribution in [2.45, 2.75) is 70.8 Å². The Morgan fingerprint density at radius 2 is 1.14 bits per heavy atom. The minimum atomic E-state index is -2.24.